The van der Waals surface area contributed by atoms with Crippen molar-refractivity contribution in [3.63, 3.8) is 0 Å². The van der Waals surface area contributed by atoms with Crippen molar-refractivity contribution in [3.8, 4) is 0 Å². The molecule has 0 bridgehead atoms. The molecule has 3 amide bonds. The van der Waals surface area contributed by atoms with Gasteiger partial charge < -0.3 is 21.5 Å². The molecule has 2 saturated carbocycles. The van der Waals surface area contributed by atoms with Crippen LogP contribution in [0.15, 0.2) is 36.4 Å². The minimum atomic E-state index is -1.04. The number of rotatable bonds is 8. The van der Waals surface area contributed by atoms with Gasteiger partial charge in [0.15, 0.2) is 0 Å². The van der Waals surface area contributed by atoms with Crippen LogP contribution >= 0.6 is 0 Å². The van der Waals surface area contributed by atoms with Crippen molar-refractivity contribution >= 4 is 35.1 Å². The first kappa shape index (κ1) is 36.1. The highest BCUT2D eigenvalue weighted by Crippen LogP contribution is 2.59. The second-order valence-corrected chi connectivity index (χ2v) is 17.1. The molecule has 7 atom stereocenters. The molecule has 0 aromatic heterocycles. The molecule has 6 N–H and O–H groups in total. The molecule has 270 valence electrons. The SMILES string of the molecule is CC(C)N[C@@H](CC(=O)O)C(=O)Nc1ccc2c(c1)[C@@]1(C)CCC[C@](C)(C(=O)NC(=O)[C@@]3(C)CCC[C@]4(C)c5cc(N)ccc5CC[C@@H]34)[C@@H]1CC2. The topological polar surface area (TPSA) is 151 Å². The molecule has 0 aliphatic heterocycles. The number of carboxylic acid groups (broad SMARTS) is 1. The molecular weight excluding hydrogens is 628 g/mol. The molecule has 9 nitrogen and oxygen atoms in total. The van der Waals surface area contributed by atoms with E-state index in [9.17, 15) is 24.3 Å². The predicted molar refractivity (Wildman–Crippen MR) is 196 cm³/mol. The first-order valence-electron chi connectivity index (χ1n) is 18.7. The molecular formula is C41H56N4O5. The van der Waals surface area contributed by atoms with Crippen molar-refractivity contribution in [1.29, 1.82) is 0 Å². The van der Waals surface area contributed by atoms with E-state index in [4.69, 9.17) is 5.73 Å². The number of hydrogen-bond donors (Lipinski definition) is 5. The lowest BCUT2D eigenvalue weighted by Crippen LogP contribution is -2.60. The Bertz CT molecular complexity index is 1710. The van der Waals surface area contributed by atoms with E-state index in [1.54, 1.807) is 0 Å². The summed E-state index contributed by atoms with van der Waals surface area (Å²) in [5.74, 6) is -1.63. The lowest BCUT2D eigenvalue weighted by Gasteiger charge is -2.56. The number of carbonyl (C=O) groups excluding carboxylic acids is 3. The van der Waals surface area contributed by atoms with Crippen LogP contribution < -0.4 is 21.7 Å². The van der Waals surface area contributed by atoms with Crippen LogP contribution in [0.1, 0.15) is 122 Å². The summed E-state index contributed by atoms with van der Waals surface area (Å²) in [5.41, 5.74) is 10.6. The van der Waals surface area contributed by atoms with E-state index in [0.29, 0.717) is 12.1 Å². The van der Waals surface area contributed by atoms with Crippen LogP contribution in [0.25, 0.3) is 0 Å². The van der Waals surface area contributed by atoms with Gasteiger partial charge in [-0.25, -0.2) is 0 Å². The minimum absolute atomic E-state index is 0.00586. The van der Waals surface area contributed by atoms with E-state index >= 15 is 0 Å². The summed E-state index contributed by atoms with van der Waals surface area (Å²) in [5, 5.41) is 18.5. The second-order valence-electron chi connectivity index (χ2n) is 17.1. The third-order valence-corrected chi connectivity index (χ3v) is 13.5. The number of nitrogens with one attached hydrogen (secondary N) is 3. The molecule has 2 aromatic rings. The zero-order valence-electron chi connectivity index (χ0n) is 30.7. The van der Waals surface area contributed by atoms with Gasteiger partial charge in [-0.15, -0.1) is 0 Å². The van der Waals surface area contributed by atoms with E-state index in [-0.39, 0.29) is 52.8 Å². The van der Waals surface area contributed by atoms with Crippen molar-refractivity contribution in [1.82, 2.24) is 10.6 Å². The van der Waals surface area contributed by atoms with Gasteiger partial charge in [-0.3, -0.25) is 24.5 Å². The van der Waals surface area contributed by atoms with Gasteiger partial charge in [0, 0.05) is 17.4 Å². The molecule has 6 rings (SSSR count). The van der Waals surface area contributed by atoms with Crippen molar-refractivity contribution < 1.29 is 24.3 Å². The third kappa shape index (κ3) is 6.13. The molecule has 0 saturated heterocycles. The maximum atomic E-state index is 14.5. The maximum Gasteiger partial charge on any atom is 0.305 e. The molecule has 0 unspecified atom stereocenters. The van der Waals surface area contributed by atoms with Crippen molar-refractivity contribution in [2.45, 2.75) is 135 Å². The third-order valence-electron chi connectivity index (χ3n) is 13.5. The molecule has 2 fully saturated rings. The Morgan fingerprint density at radius 1 is 0.800 bits per heavy atom. The van der Waals surface area contributed by atoms with Crippen LogP contribution in [0, 0.1) is 22.7 Å². The minimum Gasteiger partial charge on any atom is -0.481 e. The predicted octanol–water partition coefficient (Wildman–Crippen LogP) is 6.41. The highest BCUT2D eigenvalue weighted by molar-refractivity contribution is 6.01. The Hall–Kier alpha value is -3.72. The van der Waals surface area contributed by atoms with Gasteiger partial charge in [0.25, 0.3) is 0 Å². The number of anilines is 2. The summed E-state index contributed by atoms with van der Waals surface area (Å²) in [6, 6.07) is 11.3. The fourth-order valence-electron chi connectivity index (χ4n) is 11.0. The number of fused-ring (bicyclic) bond motifs is 6. The summed E-state index contributed by atoms with van der Waals surface area (Å²) in [4.78, 5) is 53.6. The number of carbonyl (C=O) groups is 4. The van der Waals surface area contributed by atoms with Gasteiger partial charge >= 0.3 is 5.97 Å². The zero-order chi connectivity index (χ0) is 36.2. The lowest BCUT2D eigenvalue weighted by molar-refractivity contribution is -0.150. The Balaban J connectivity index is 1.23. The zero-order valence-corrected chi connectivity index (χ0v) is 30.7. The summed E-state index contributed by atoms with van der Waals surface area (Å²) in [6.07, 6.45) is 8.25. The summed E-state index contributed by atoms with van der Waals surface area (Å²) in [6.45, 7) is 12.4. The number of hydrogen-bond acceptors (Lipinski definition) is 6. The highest BCUT2D eigenvalue weighted by atomic mass is 16.4. The van der Waals surface area contributed by atoms with Crippen LogP contribution in [-0.4, -0.2) is 40.9 Å². The van der Waals surface area contributed by atoms with E-state index in [0.717, 1.165) is 69.0 Å². The van der Waals surface area contributed by atoms with Gasteiger partial charge in [-0.1, -0.05) is 66.5 Å². The number of carboxylic acids is 1. The average Bonchev–Trinajstić information content (AvgIpc) is 3.04. The number of amides is 3. The fraction of sp³-hybridized carbons (Fsp3) is 0.610. The molecule has 4 aliphatic rings. The van der Waals surface area contributed by atoms with E-state index < -0.39 is 22.8 Å². The van der Waals surface area contributed by atoms with Gasteiger partial charge in [-0.2, -0.15) is 0 Å². The number of aliphatic carboxylic acids is 1. The van der Waals surface area contributed by atoms with Gasteiger partial charge in [0.1, 0.15) is 0 Å². The number of nitrogens with two attached hydrogens (primary N) is 1. The van der Waals surface area contributed by atoms with Crippen molar-refractivity contribution in [2.75, 3.05) is 11.1 Å². The van der Waals surface area contributed by atoms with E-state index in [1.807, 2.05) is 32.0 Å². The Morgan fingerprint density at radius 2 is 1.32 bits per heavy atom. The Kier molecular flexibility index (Phi) is 9.46. The van der Waals surface area contributed by atoms with Crippen LogP contribution in [0.5, 0.6) is 0 Å². The van der Waals surface area contributed by atoms with Crippen LogP contribution in [-0.2, 0) is 42.8 Å². The first-order valence-corrected chi connectivity index (χ1v) is 18.7. The van der Waals surface area contributed by atoms with E-state index in [1.165, 1.54) is 16.7 Å². The Labute approximate surface area is 296 Å². The molecule has 0 spiro atoms. The van der Waals surface area contributed by atoms with Crippen molar-refractivity contribution in [3.05, 3.63) is 58.7 Å². The van der Waals surface area contributed by atoms with Crippen LogP contribution in [0.4, 0.5) is 11.4 Å². The quantitative estimate of drug-likeness (QED) is 0.159. The molecule has 0 heterocycles. The summed E-state index contributed by atoms with van der Waals surface area (Å²) >= 11 is 0. The van der Waals surface area contributed by atoms with Gasteiger partial charge in [0.05, 0.1) is 23.3 Å². The van der Waals surface area contributed by atoms with Crippen molar-refractivity contribution in [2.24, 2.45) is 22.7 Å². The number of imide groups is 1. The monoisotopic (exact) mass is 684 g/mol. The van der Waals surface area contributed by atoms with Gasteiger partial charge in [-0.05, 0) is 121 Å². The fourth-order valence-corrected chi connectivity index (χ4v) is 11.0. The molecule has 50 heavy (non-hydrogen) atoms. The van der Waals surface area contributed by atoms with Gasteiger partial charge in [0.2, 0.25) is 17.7 Å². The standard InChI is InChI=1S/C41H56N4O5/c1-24(2)43-31(23-34(46)47)35(48)44-28-14-10-26-12-16-33-39(4,30(26)22-28)18-8-20-41(33,6)37(50)45-36(49)40(5)19-7-17-38(3)29-21-27(42)13-9-25(29)11-15-32(38)40/h9-10,13-14,21-22,24,31-33,43H,7-8,11-12,15-20,23,42H2,1-6H3,(H,44,48)(H,46,47)(H,45,49,50)/t31-,32+,33+,38+,39+,40-,41-/m0/s1. The summed E-state index contributed by atoms with van der Waals surface area (Å²) in [7, 11) is 0. The van der Waals surface area contributed by atoms with E-state index in [2.05, 4.69) is 61.8 Å². The first-order chi connectivity index (χ1) is 23.5. The highest BCUT2D eigenvalue weighted by Gasteiger charge is 2.58. The molecule has 4 aliphatic carbocycles. The van der Waals surface area contributed by atoms with Crippen LogP contribution in [0.2, 0.25) is 0 Å². The second kappa shape index (κ2) is 13.1. The molecule has 0 radical (unpaired) electrons. The van der Waals surface area contributed by atoms with Crippen LogP contribution in [0.3, 0.4) is 0 Å². The number of nitrogen functional groups attached to an aromatic ring is 1. The molecule has 9 heteroatoms. The Morgan fingerprint density at radius 3 is 1.84 bits per heavy atom. The normalized spacial score (nSPS) is 32.1. The number of benzene rings is 2. The lowest BCUT2D eigenvalue weighted by atomic mass is 9.49. The summed E-state index contributed by atoms with van der Waals surface area (Å²) < 4.78 is 0. The average molecular weight is 685 g/mol. The number of aryl methyl sites for hydroxylation is 2. The smallest absolute Gasteiger partial charge is 0.305 e. The molecule has 2 aromatic carbocycles. The largest absolute Gasteiger partial charge is 0.481 e. The maximum absolute atomic E-state index is 14.5.